The summed E-state index contributed by atoms with van der Waals surface area (Å²) >= 11 is 0. The smallest absolute Gasteiger partial charge is 0.407 e. The third kappa shape index (κ3) is 5.84. The van der Waals surface area contributed by atoms with Gasteiger partial charge < -0.3 is 20.1 Å². The number of carbonyl (C=O) groups is 3. The fraction of sp³-hybridized carbons (Fsp3) is 0.464. The summed E-state index contributed by atoms with van der Waals surface area (Å²) in [6.45, 7) is 3.66. The minimum Gasteiger partial charge on any atom is -0.481 e. The van der Waals surface area contributed by atoms with Crippen LogP contribution >= 0.6 is 0 Å². The Labute approximate surface area is 206 Å². The van der Waals surface area contributed by atoms with Gasteiger partial charge in [0.25, 0.3) is 0 Å². The number of carboxylic acids is 1. The number of alkyl carbamates (subject to hydrolysis) is 1. The van der Waals surface area contributed by atoms with Crippen LogP contribution < -0.4 is 5.32 Å². The van der Waals surface area contributed by atoms with Crippen LogP contribution in [0.1, 0.15) is 56.1 Å². The Morgan fingerprint density at radius 1 is 0.971 bits per heavy atom. The molecule has 2 aromatic rings. The molecule has 0 radical (unpaired) electrons. The van der Waals surface area contributed by atoms with E-state index >= 15 is 0 Å². The highest BCUT2D eigenvalue weighted by molar-refractivity contribution is 5.79. The maximum absolute atomic E-state index is 12.2. The van der Waals surface area contributed by atoms with Crippen molar-refractivity contribution in [3.8, 4) is 11.1 Å². The van der Waals surface area contributed by atoms with Crippen molar-refractivity contribution in [2.75, 3.05) is 26.2 Å². The Hall–Kier alpha value is -3.35. The highest BCUT2D eigenvalue weighted by atomic mass is 16.5. The standard InChI is InChI=1S/C28H34N2O5/c1-19(27(32)33)20-16-30(17-20)26(31)14-4-2-3-9-15-29-28(34)35-18-25-23-12-7-5-10-21(23)22-11-6-8-13-24(22)25/h5-8,10-13,19-20,25H,2-4,9,14-18H2,1H3,(H,29,34)(H,32,33). The number of carboxylic acid groups (broad SMARTS) is 1. The van der Waals surface area contributed by atoms with E-state index in [9.17, 15) is 14.4 Å². The van der Waals surface area contributed by atoms with Gasteiger partial charge in [-0.15, -0.1) is 0 Å². The molecule has 186 valence electrons. The Morgan fingerprint density at radius 2 is 1.57 bits per heavy atom. The Bertz CT molecular complexity index is 1020. The number of hydrogen-bond donors (Lipinski definition) is 2. The van der Waals surface area contributed by atoms with Crippen LogP contribution in [0.2, 0.25) is 0 Å². The molecule has 2 aliphatic rings. The molecule has 2 N–H and O–H groups in total. The van der Waals surface area contributed by atoms with E-state index in [1.54, 1.807) is 11.8 Å². The molecule has 35 heavy (non-hydrogen) atoms. The SMILES string of the molecule is CC(C(=O)O)C1CN(C(=O)CCCCCCNC(=O)OCC2c3ccccc3-c3ccccc32)C1. The second-order valence-electron chi connectivity index (χ2n) is 9.60. The van der Waals surface area contributed by atoms with Gasteiger partial charge in [-0.1, -0.05) is 68.3 Å². The van der Waals surface area contributed by atoms with Crippen LogP contribution in [0.15, 0.2) is 48.5 Å². The van der Waals surface area contributed by atoms with E-state index in [-0.39, 0.29) is 17.7 Å². The van der Waals surface area contributed by atoms with Crippen LogP contribution in [0, 0.1) is 11.8 Å². The van der Waals surface area contributed by atoms with E-state index in [0.717, 1.165) is 25.7 Å². The van der Waals surface area contributed by atoms with Gasteiger partial charge in [0.05, 0.1) is 5.92 Å². The lowest BCUT2D eigenvalue weighted by atomic mass is 9.87. The number of hydrogen-bond acceptors (Lipinski definition) is 4. The van der Waals surface area contributed by atoms with Crippen molar-refractivity contribution in [1.29, 1.82) is 0 Å². The van der Waals surface area contributed by atoms with Gasteiger partial charge >= 0.3 is 12.1 Å². The second-order valence-corrected chi connectivity index (χ2v) is 9.60. The zero-order chi connectivity index (χ0) is 24.8. The first kappa shape index (κ1) is 24.8. The van der Waals surface area contributed by atoms with E-state index in [4.69, 9.17) is 9.84 Å². The van der Waals surface area contributed by atoms with Crippen LogP contribution in [0.4, 0.5) is 4.79 Å². The van der Waals surface area contributed by atoms with Crippen molar-refractivity contribution < 1.29 is 24.2 Å². The molecule has 1 aliphatic carbocycles. The molecular formula is C28H34N2O5. The van der Waals surface area contributed by atoms with E-state index in [2.05, 4.69) is 29.6 Å². The van der Waals surface area contributed by atoms with E-state index in [0.29, 0.717) is 32.7 Å². The fourth-order valence-corrected chi connectivity index (χ4v) is 4.99. The molecule has 0 bridgehead atoms. The largest absolute Gasteiger partial charge is 0.481 e. The summed E-state index contributed by atoms with van der Waals surface area (Å²) in [4.78, 5) is 37.1. The lowest BCUT2D eigenvalue weighted by Gasteiger charge is -2.41. The summed E-state index contributed by atoms with van der Waals surface area (Å²) in [6, 6.07) is 16.5. The number of ether oxygens (including phenoxy) is 1. The summed E-state index contributed by atoms with van der Waals surface area (Å²) in [5, 5.41) is 11.9. The normalized spacial score (nSPS) is 15.6. The number of nitrogens with one attached hydrogen (secondary N) is 1. The van der Waals surface area contributed by atoms with Crippen LogP contribution in [-0.4, -0.2) is 54.2 Å². The number of nitrogens with zero attached hydrogens (tertiary/aromatic N) is 1. The minimum atomic E-state index is -0.797. The van der Waals surface area contributed by atoms with Crippen molar-refractivity contribution in [3.05, 3.63) is 59.7 Å². The van der Waals surface area contributed by atoms with Crippen LogP contribution in [0.25, 0.3) is 11.1 Å². The van der Waals surface area contributed by atoms with Crippen molar-refractivity contribution in [2.24, 2.45) is 11.8 Å². The second kappa shape index (κ2) is 11.4. The number of amides is 2. The van der Waals surface area contributed by atoms with Gasteiger partial charge in [-0.25, -0.2) is 4.79 Å². The Kier molecular flexibility index (Phi) is 8.06. The lowest BCUT2D eigenvalue weighted by molar-refractivity contribution is -0.150. The molecule has 4 rings (SSSR count). The highest BCUT2D eigenvalue weighted by Gasteiger charge is 2.36. The number of carbonyl (C=O) groups excluding carboxylic acids is 2. The zero-order valence-corrected chi connectivity index (χ0v) is 20.2. The summed E-state index contributed by atoms with van der Waals surface area (Å²) in [5.41, 5.74) is 4.81. The van der Waals surface area contributed by atoms with Crippen LogP contribution in [-0.2, 0) is 14.3 Å². The molecule has 7 nitrogen and oxygen atoms in total. The maximum Gasteiger partial charge on any atom is 0.407 e. The van der Waals surface area contributed by atoms with Crippen molar-refractivity contribution in [3.63, 3.8) is 0 Å². The molecule has 1 unspecified atom stereocenters. The first-order valence-corrected chi connectivity index (χ1v) is 12.5. The highest BCUT2D eigenvalue weighted by Crippen LogP contribution is 2.44. The van der Waals surface area contributed by atoms with E-state index in [1.807, 2.05) is 24.3 Å². The molecule has 1 atom stereocenters. The monoisotopic (exact) mass is 478 g/mol. The Morgan fingerprint density at radius 3 is 2.20 bits per heavy atom. The minimum absolute atomic E-state index is 0.0553. The van der Waals surface area contributed by atoms with Crippen molar-refractivity contribution >= 4 is 18.0 Å². The number of aliphatic carboxylic acids is 1. The number of benzene rings is 2. The summed E-state index contributed by atoms with van der Waals surface area (Å²) < 4.78 is 5.55. The zero-order valence-electron chi connectivity index (χ0n) is 20.2. The Balaban J connectivity index is 1.07. The topological polar surface area (TPSA) is 95.9 Å². The van der Waals surface area contributed by atoms with Crippen LogP contribution in [0.3, 0.4) is 0 Å². The van der Waals surface area contributed by atoms with Gasteiger partial charge in [0.1, 0.15) is 6.61 Å². The van der Waals surface area contributed by atoms with Gasteiger partial charge in [-0.3, -0.25) is 9.59 Å². The molecule has 1 saturated heterocycles. The fourth-order valence-electron chi connectivity index (χ4n) is 4.99. The summed E-state index contributed by atoms with van der Waals surface area (Å²) in [5.74, 6) is -0.965. The predicted molar refractivity (Wildman–Crippen MR) is 133 cm³/mol. The molecule has 0 saturated carbocycles. The summed E-state index contributed by atoms with van der Waals surface area (Å²) in [7, 11) is 0. The third-order valence-electron chi connectivity index (χ3n) is 7.29. The number of likely N-dealkylation sites (tertiary alicyclic amines) is 1. The molecule has 0 aromatic heterocycles. The number of unbranched alkanes of at least 4 members (excludes halogenated alkanes) is 3. The van der Waals surface area contributed by atoms with Crippen molar-refractivity contribution in [2.45, 2.75) is 44.9 Å². The van der Waals surface area contributed by atoms with Crippen LogP contribution in [0.5, 0.6) is 0 Å². The molecule has 1 fully saturated rings. The van der Waals surface area contributed by atoms with Gasteiger partial charge in [-0.05, 0) is 35.1 Å². The molecule has 1 heterocycles. The molecule has 0 spiro atoms. The third-order valence-corrected chi connectivity index (χ3v) is 7.29. The molecular weight excluding hydrogens is 444 g/mol. The van der Waals surface area contributed by atoms with Gasteiger partial charge in [0.15, 0.2) is 0 Å². The molecule has 7 heteroatoms. The number of fused-ring (bicyclic) bond motifs is 3. The summed E-state index contributed by atoms with van der Waals surface area (Å²) in [6.07, 6.45) is 3.58. The van der Waals surface area contributed by atoms with Gasteiger partial charge in [-0.2, -0.15) is 0 Å². The van der Waals surface area contributed by atoms with Crippen molar-refractivity contribution in [1.82, 2.24) is 10.2 Å². The maximum atomic E-state index is 12.2. The first-order valence-electron chi connectivity index (χ1n) is 12.5. The predicted octanol–water partition coefficient (Wildman–Crippen LogP) is 4.65. The molecule has 2 aromatic carbocycles. The van der Waals surface area contributed by atoms with E-state index < -0.39 is 18.0 Å². The van der Waals surface area contributed by atoms with Gasteiger partial charge in [0.2, 0.25) is 5.91 Å². The quantitative estimate of drug-likeness (QED) is 0.458. The lowest BCUT2D eigenvalue weighted by Crippen LogP contribution is -2.53. The van der Waals surface area contributed by atoms with Gasteiger partial charge in [0, 0.05) is 37.9 Å². The molecule has 2 amide bonds. The average Bonchev–Trinajstić information content (AvgIpc) is 3.14. The average molecular weight is 479 g/mol. The molecule has 1 aliphatic heterocycles. The van der Waals surface area contributed by atoms with E-state index in [1.165, 1.54) is 22.3 Å². The first-order chi connectivity index (χ1) is 17.0. The number of rotatable bonds is 11.